The number of pyridine rings is 1. The molecule has 0 bridgehead atoms. The summed E-state index contributed by atoms with van der Waals surface area (Å²) in [4.78, 5) is 30.0. The van der Waals surface area contributed by atoms with Crippen LogP contribution < -0.4 is 10.6 Å². The summed E-state index contributed by atoms with van der Waals surface area (Å²) in [6, 6.07) is 17.7. The molecule has 0 unspecified atom stereocenters. The minimum absolute atomic E-state index is 0.123. The number of hydrogen-bond donors (Lipinski definition) is 2. The van der Waals surface area contributed by atoms with Gasteiger partial charge in [0.1, 0.15) is 0 Å². The van der Waals surface area contributed by atoms with Gasteiger partial charge in [-0.05, 0) is 49.2 Å². The molecule has 0 spiro atoms. The first-order valence-electron chi connectivity index (χ1n) is 9.97. The van der Waals surface area contributed by atoms with Crippen LogP contribution in [-0.4, -0.2) is 22.0 Å². The molecule has 2 aromatic carbocycles. The largest absolute Gasteiger partial charge is 0.336 e. The highest BCUT2D eigenvalue weighted by Gasteiger charge is 2.20. The molecule has 0 radical (unpaired) electrons. The number of fused-ring (bicyclic) bond motifs is 1. The van der Waals surface area contributed by atoms with Crippen LogP contribution in [0.5, 0.6) is 0 Å². The molecule has 0 atom stereocenters. The minimum Gasteiger partial charge on any atom is -0.336 e. The van der Waals surface area contributed by atoms with Gasteiger partial charge >= 0.3 is 0 Å². The number of aromatic nitrogens is 2. The Labute approximate surface area is 179 Å². The number of hydrogen-bond acceptors (Lipinski definition) is 5. The van der Waals surface area contributed by atoms with Crippen LogP contribution in [0.15, 0.2) is 65.2 Å². The molecule has 2 aromatic heterocycles. The van der Waals surface area contributed by atoms with Crippen LogP contribution in [0.2, 0.25) is 0 Å². The Morgan fingerprint density at radius 2 is 1.58 bits per heavy atom. The molecule has 2 amide bonds. The van der Waals surface area contributed by atoms with Gasteiger partial charge in [0.25, 0.3) is 17.5 Å². The van der Waals surface area contributed by atoms with Crippen LogP contribution >= 0.6 is 0 Å². The average molecular weight is 414 g/mol. The van der Waals surface area contributed by atoms with Crippen LogP contribution in [0.4, 0.5) is 11.4 Å². The molecule has 31 heavy (non-hydrogen) atoms. The Bertz CT molecular complexity index is 1260. The normalized spacial score (nSPS) is 11.0. The summed E-state index contributed by atoms with van der Waals surface area (Å²) in [5.41, 5.74) is 3.84. The third-order valence-corrected chi connectivity index (χ3v) is 4.89. The van der Waals surface area contributed by atoms with Crippen LogP contribution in [0.1, 0.15) is 51.9 Å². The maximum atomic E-state index is 13.1. The maximum Gasteiger partial charge on any atom is 0.259 e. The van der Waals surface area contributed by atoms with Crippen molar-refractivity contribution in [2.24, 2.45) is 0 Å². The van der Waals surface area contributed by atoms with Gasteiger partial charge in [0.15, 0.2) is 0 Å². The Kier molecular flexibility index (Phi) is 5.49. The zero-order valence-corrected chi connectivity index (χ0v) is 17.5. The van der Waals surface area contributed by atoms with E-state index in [1.54, 1.807) is 61.5 Å². The number of anilines is 2. The van der Waals surface area contributed by atoms with Crippen LogP contribution in [0, 0.1) is 6.92 Å². The van der Waals surface area contributed by atoms with Gasteiger partial charge in [-0.3, -0.25) is 9.59 Å². The topological polar surface area (TPSA) is 97.1 Å². The number of aryl methyl sites for hydroxylation is 1. The van der Waals surface area contributed by atoms with Crippen molar-refractivity contribution in [2.45, 2.75) is 26.7 Å². The van der Waals surface area contributed by atoms with Gasteiger partial charge in [-0.1, -0.05) is 43.3 Å². The number of benzene rings is 2. The molecular formula is C24H22N4O3. The molecule has 4 aromatic rings. The Balaban J connectivity index is 1.59. The zero-order valence-electron chi connectivity index (χ0n) is 17.5. The highest BCUT2D eigenvalue weighted by Crippen LogP contribution is 2.26. The summed E-state index contributed by atoms with van der Waals surface area (Å²) in [7, 11) is 0. The quantitative estimate of drug-likeness (QED) is 0.470. The smallest absolute Gasteiger partial charge is 0.259 e. The Morgan fingerprint density at radius 1 is 0.903 bits per heavy atom. The van der Waals surface area contributed by atoms with Gasteiger partial charge in [0, 0.05) is 22.6 Å². The monoisotopic (exact) mass is 414 g/mol. The van der Waals surface area contributed by atoms with Crippen molar-refractivity contribution in [1.29, 1.82) is 0 Å². The fourth-order valence-electron chi connectivity index (χ4n) is 3.25. The van der Waals surface area contributed by atoms with Gasteiger partial charge in [0.2, 0.25) is 0 Å². The van der Waals surface area contributed by atoms with Gasteiger partial charge in [-0.2, -0.15) is 0 Å². The molecule has 7 heteroatoms. The number of nitrogens with one attached hydrogen (secondary N) is 2. The Morgan fingerprint density at radius 3 is 2.26 bits per heavy atom. The lowest BCUT2D eigenvalue weighted by atomic mass is 10.0. The van der Waals surface area contributed by atoms with Crippen LogP contribution in [0.25, 0.3) is 11.1 Å². The average Bonchev–Trinajstić information content (AvgIpc) is 3.14. The second kappa shape index (κ2) is 8.39. The molecule has 0 fully saturated rings. The number of rotatable bonds is 5. The number of carbonyl (C=O) groups is 2. The molecule has 0 saturated carbocycles. The summed E-state index contributed by atoms with van der Waals surface area (Å²) in [6.07, 6.45) is 0. The fraction of sp³-hybridized carbons (Fsp3) is 0.167. The molecule has 0 aliphatic rings. The summed E-state index contributed by atoms with van der Waals surface area (Å²) < 4.78 is 5.30. The van der Waals surface area contributed by atoms with Crippen molar-refractivity contribution >= 4 is 34.3 Å². The van der Waals surface area contributed by atoms with E-state index in [9.17, 15) is 9.59 Å². The standard InChI is InChI=1S/C24H22N4O3/c1-14(2)20-13-19(21-15(3)28-31-24(21)27-20)23(30)26-18-11-7-10-17(12-18)25-22(29)16-8-5-4-6-9-16/h4-14H,1-3H3,(H,25,29)(H,26,30). The predicted molar refractivity (Wildman–Crippen MR) is 119 cm³/mol. The summed E-state index contributed by atoms with van der Waals surface area (Å²) in [5.74, 6) is -0.397. The van der Waals surface area contributed by atoms with E-state index >= 15 is 0 Å². The molecule has 0 aliphatic carbocycles. The SMILES string of the molecule is Cc1noc2nc(C(C)C)cc(C(=O)Nc3cccc(NC(=O)c4ccccc4)c3)c12. The number of carbonyl (C=O) groups excluding carboxylic acids is 2. The van der Waals surface area contributed by atoms with Gasteiger partial charge in [-0.25, -0.2) is 4.98 Å². The predicted octanol–water partition coefficient (Wildman–Crippen LogP) is 5.16. The summed E-state index contributed by atoms with van der Waals surface area (Å²) >= 11 is 0. The van der Waals surface area contributed by atoms with E-state index in [1.165, 1.54) is 0 Å². The molecule has 0 saturated heterocycles. The lowest BCUT2D eigenvalue weighted by Gasteiger charge is -2.11. The highest BCUT2D eigenvalue weighted by molar-refractivity contribution is 6.12. The van der Waals surface area contributed by atoms with E-state index in [0.29, 0.717) is 39.3 Å². The van der Waals surface area contributed by atoms with Crippen molar-refractivity contribution in [1.82, 2.24) is 10.1 Å². The van der Waals surface area contributed by atoms with Crippen molar-refractivity contribution in [3.05, 3.63) is 83.2 Å². The molecular weight excluding hydrogens is 392 g/mol. The highest BCUT2D eigenvalue weighted by atomic mass is 16.5. The van der Waals surface area contributed by atoms with Crippen molar-refractivity contribution in [3.63, 3.8) is 0 Å². The number of amides is 2. The second-order valence-electron chi connectivity index (χ2n) is 7.55. The lowest BCUT2D eigenvalue weighted by molar-refractivity contribution is 0.102. The van der Waals surface area contributed by atoms with Gasteiger partial charge < -0.3 is 15.2 Å². The summed E-state index contributed by atoms with van der Waals surface area (Å²) in [6.45, 7) is 5.77. The third kappa shape index (κ3) is 4.30. The summed E-state index contributed by atoms with van der Waals surface area (Å²) in [5, 5.41) is 10.3. The Hall–Kier alpha value is -4.00. The van der Waals surface area contributed by atoms with Crippen LogP contribution in [-0.2, 0) is 0 Å². The third-order valence-electron chi connectivity index (χ3n) is 4.89. The second-order valence-corrected chi connectivity index (χ2v) is 7.55. The van der Waals surface area contributed by atoms with Crippen LogP contribution in [0.3, 0.4) is 0 Å². The fourth-order valence-corrected chi connectivity index (χ4v) is 3.25. The molecule has 2 heterocycles. The van der Waals surface area contributed by atoms with E-state index in [0.717, 1.165) is 5.69 Å². The minimum atomic E-state index is -0.299. The van der Waals surface area contributed by atoms with Gasteiger partial charge in [0.05, 0.1) is 16.6 Å². The zero-order chi connectivity index (χ0) is 22.0. The first-order valence-corrected chi connectivity index (χ1v) is 9.97. The molecule has 156 valence electrons. The lowest BCUT2D eigenvalue weighted by Crippen LogP contribution is -2.15. The van der Waals surface area contributed by atoms with E-state index < -0.39 is 0 Å². The molecule has 4 rings (SSSR count). The van der Waals surface area contributed by atoms with Crippen molar-refractivity contribution in [2.75, 3.05) is 10.6 Å². The van der Waals surface area contributed by atoms with E-state index in [4.69, 9.17) is 4.52 Å². The number of nitrogens with zero attached hydrogens (tertiary/aromatic N) is 2. The first-order chi connectivity index (χ1) is 14.9. The molecule has 2 N–H and O–H groups in total. The van der Waals surface area contributed by atoms with E-state index in [-0.39, 0.29) is 17.7 Å². The van der Waals surface area contributed by atoms with Crippen molar-refractivity contribution in [3.8, 4) is 0 Å². The van der Waals surface area contributed by atoms with Gasteiger partial charge in [-0.15, -0.1) is 0 Å². The molecule has 7 nitrogen and oxygen atoms in total. The first kappa shape index (κ1) is 20.3. The maximum absolute atomic E-state index is 13.1. The van der Waals surface area contributed by atoms with E-state index in [1.807, 2.05) is 19.9 Å². The van der Waals surface area contributed by atoms with Crippen molar-refractivity contribution < 1.29 is 14.1 Å². The van der Waals surface area contributed by atoms with E-state index in [2.05, 4.69) is 20.8 Å². The molecule has 0 aliphatic heterocycles.